The zero-order chi connectivity index (χ0) is 12.3. The first-order valence-corrected chi connectivity index (χ1v) is 6.03. The third-order valence-corrected chi connectivity index (χ3v) is 3.75. The molecule has 0 aliphatic heterocycles. The van der Waals surface area contributed by atoms with Crippen molar-refractivity contribution in [3.8, 4) is 0 Å². The van der Waals surface area contributed by atoms with Crippen LogP contribution in [-0.2, 0) is 16.0 Å². The lowest BCUT2D eigenvalue weighted by atomic mass is 10.1. The summed E-state index contributed by atoms with van der Waals surface area (Å²) in [6.45, 7) is 1.85. The lowest BCUT2D eigenvalue weighted by Gasteiger charge is -2.07. The fourth-order valence-corrected chi connectivity index (χ4v) is 1.86. The van der Waals surface area contributed by atoms with Gasteiger partial charge in [-0.2, -0.15) is 0 Å². The minimum absolute atomic E-state index is 0.00221. The van der Waals surface area contributed by atoms with E-state index in [0.717, 1.165) is 0 Å². The summed E-state index contributed by atoms with van der Waals surface area (Å²) in [6.07, 6.45) is -0.289. The molecule has 0 fully saturated rings. The van der Waals surface area contributed by atoms with Gasteiger partial charge in [-0.3, -0.25) is 4.79 Å². The number of benzene rings is 1. The van der Waals surface area contributed by atoms with Crippen molar-refractivity contribution in [2.45, 2.75) is 13.3 Å². The molecular weight excluding hydrogens is 350 g/mol. The minimum atomic E-state index is -1.04. The average Bonchev–Trinajstić information content (AvgIpc) is 2.23. The van der Waals surface area contributed by atoms with Crippen molar-refractivity contribution in [1.82, 2.24) is 0 Å². The molecule has 0 radical (unpaired) electrons. The number of carbonyl (C=O) groups excluding carboxylic acids is 1. The van der Waals surface area contributed by atoms with E-state index in [1.165, 1.54) is 6.07 Å². The van der Waals surface area contributed by atoms with E-state index in [1.54, 1.807) is 6.92 Å². The van der Waals surface area contributed by atoms with E-state index in [0.29, 0.717) is 4.47 Å². The molecule has 0 spiro atoms. The molecule has 0 unspecified atom stereocenters. The van der Waals surface area contributed by atoms with Crippen LogP contribution in [0.4, 0.5) is 8.78 Å². The van der Waals surface area contributed by atoms with Crippen LogP contribution in [0.15, 0.2) is 15.0 Å². The van der Waals surface area contributed by atoms with E-state index in [-0.39, 0.29) is 23.1 Å². The Balaban J connectivity index is 3.02. The third kappa shape index (κ3) is 3.01. The molecule has 0 heterocycles. The molecule has 88 valence electrons. The quantitative estimate of drug-likeness (QED) is 0.469. The molecule has 1 aromatic rings. The summed E-state index contributed by atoms with van der Waals surface area (Å²) in [4.78, 5) is 11.1. The third-order valence-electron chi connectivity index (χ3n) is 1.82. The molecule has 0 aromatic heterocycles. The van der Waals surface area contributed by atoms with Crippen molar-refractivity contribution in [3.63, 3.8) is 0 Å². The van der Waals surface area contributed by atoms with E-state index >= 15 is 0 Å². The van der Waals surface area contributed by atoms with Gasteiger partial charge in [0.15, 0.2) is 11.6 Å². The van der Waals surface area contributed by atoms with Gasteiger partial charge in [0.2, 0.25) is 0 Å². The van der Waals surface area contributed by atoms with Gasteiger partial charge in [-0.1, -0.05) is 0 Å². The normalized spacial score (nSPS) is 10.3. The predicted octanol–water partition coefficient (Wildman–Crippen LogP) is 3.60. The van der Waals surface area contributed by atoms with Crippen molar-refractivity contribution < 1.29 is 18.3 Å². The number of ether oxygens (including phenoxy) is 1. The van der Waals surface area contributed by atoms with Crippen molar-refractivity contribution in [2.75, 3.05) is 6.61 Å². The van der Waals surface area contributed by atoms with E-state index < -0.39 is 17.6 Å². The molecule has 1 rings (SSSR count). The van der Waals surface area contributed by atoms with Gasteiger partial charge in [-0.15, -0.1) is 0 Å². The SMILES string of the molecule is CCOC(=O)Cc1cc(Br)c(Br)c(F)c1F. The highest BCUT2D eigenvalue weighted by atomic mass is 79.9. The predicted molar refractivity (Wildman–Crippen MR) is 62.1 cm³/mol. The second kappa shape index (κ2) is 5.72. The molecule has 2 nitrogen and oxygen atoms in total. The molecule has 0 aliphatic rings. The molecule has 0 atom stereocenters. The summed E-state index contributed by atoms with van der Waals surface area (Å²) in [5.41, 5.74) is -0.0361. The monoisotopic (exact) mass is 356 g/mol. The smallest absolute Gasteiger partial charge is 0.310 e. The average molecular weight is 358 g/mol. The first-order valence-electron chi connectivity index (χ1n) is 4.44. The highest BCUT2D eigenvalue weighted by Crippen LogP contribution is 2.30. The fraction of sp³-hybridized carbons (Fsp3) is 0.300. The van der Waals surface area contributed by atoms with Crippen LogP contribution in [0.5, 0.6) is 0 Å². The van der Waals surface area contributed by atoms with Crippen LogP contribution in [0, 0.1) is 11.6 Å². The van der Waals surface area contributed by atoms with Gasteiger partial charge in [0.25, 0.3) is 0 Å². The molecule has 0 N–H and O–H groups in total. The number of carbonyl (C=O) groups is 1. The molecule has 0 saturated carbocycles. The fourth-order valence-electron chi connectivity index (χ4n) is 1.12. The number of hydrogen-bond donors (Lipinski definition) is 0. The molecule has 0 aliphatic carbocycles. The van der Waals surface area contributed by atoms with Gasteiger partial charge < -0.3 is 4.74 Å². The Morgan fingerprint density at radius 1 is 1.38 bits per heavy atom. The highest BCUT2D eigenvalue weighted by molar-refractivity contribution is 9.13. The van der Waals surface area contributed by atoms with E-state index in [9.17, 15) is 13.6 Å². The van der Waals surface area contributed by atoms with Crippen LogP contribution in [0.3, 0.4) is 0 Å². The van der Waals surface area contributed by atoms with Crippen LogP contribution >= 0.6 is 31.9 Å². The standard InChI is InChI=1S/C10H8Br2F2O2/c1-2-16-7(15)4-5-3-6(11)8(12)10(14)9(5)13/h3H,2,4H2,1H3. The minimum Gasteiger partial charge on any atom is -0.466 e. The summed E-state index contributed by atoms with van der Waals surface area (Å²) in [7, 11) is 0. The Bertz CT molecular complexity index is 422. The van der Waals surface area contributed by atoms with Gasteiger partial charge in [0.05, 0.1) is 17.5 Å². The Hall–Kier alpha value is -0.490. The zero-order valence-corrected chi connectivity index (χ0v) is 11.5. The molecular formula is C10H8Br2F2O2. The van der Waals surface area contributed by atoms with Gasteiger partial charge in [-0.25, -0.2) is 8.78 Å². The summed E-state index contributed by atoms with van der Waals surface area (Å²) >= 11 is 5.94. The van der Waals surface area contributed by atoms with Crippen LogP contribution in [0.25, 0.3) is 0 Å². The van der Waals surface area contributed by atoms with Crippen LogP contribution in [0.1, 0.15) is 12.5 Å². The van der Waals surface area contributed by atoms with E-state index in [2.05, 4.69) is 36.6 Å². The summed E-state index contributed by atoms with van der Waals surface area (Å²) in [5.74, 6) is -2.65. The number of rotatable bonds is 3. The maximum atomic E-state index is 13.4. The zero-order valence-electron chi connectivity index (χ0n) is 8.32. The Morgan fingerprint density at radius 2 is 2.00 bits per heavy atom. The number of hydrogen-bond acceptors (Lipinski definition) is 2. The highest BCUT2D eigenvalue weighted by Gasteiger charge is 2.17. The Labute approximate surface area is 108 Å². The van der Waals surface area contributed by atoms with Crippen LogP contribution in [-0.4, -0.2) is 12.6 Å². The maximum Gasteiger partial charge on any atom is 0.310 e. The first kappa shape index (κ1) is 13.6. The summed E-state index contributed by atoms with van der Waals surface area (Å²) in [6, 6.07) is 1.35. The van der Waals surface area contributed by atoms with Crippen molar-refractivity contribution in [2.24, 2.45) is 0 Å². The van der Waals surface area contributed by atoms with Gasteiger partial charge in [0.1, 0.15) is 0 Å². The largest absolute Gasteiger partial charge is 0.466 e. The Morgan fingerprint density at radius 3 is 2.56 bits per heavy atom. The molecule has 16 heavy (non-hydrogen) atoms. The molecule has 0 bridgehead atoms. The summed E-state index contributed by atoms with van der Waals surface area (Å²) < 4.78 is 31.7. The van der Waals surface area contributed by atoms with E-state index in [1.807, 2.05) is 0 Å². The lowest BCUT2D eigenvalue weighted by molar-refractivity contribution is -0.142. The van der Waals surface area contributed by atoms with Gasteiger partial charge in [-0.05, 0) is 44.8 Å². The van der Waals surface area contributed by atoms with Gasteiger partial charge in [0, 0.05) is 10.0 Å². The van der Waals surface area contributed by atoms with Crippen LogP contribution in [0.2, 0.25) is 0 Å². The van der Waals surface area contributed by atoms with Gasteiger partial charge >= 0.3 is 5.97 Å². The topological polar surface area (TPSA) is 26.3 Å². The molecule has 0 amide bonds. The van der Waals surface area contributed by atoms with Crippen molar-refractivity contribution >= 4 is 37.8 Å². The number of halogens is 4. The maximum absolute atomic E-state index is 13.4. The summed E-state index contributed by atoms with van der Waals surface area (Å²) in [5, 5.41) is 0. The number of esters is 1. The van der Waals surface area contributed by atoms with Crippen molar-refractivity contribution in [1.29, 1.82) is 0 Å². The molecule has 1 aromatic carbocycles. The van der Waals surface area contributed by atoms with Crippen LogP contribution < -0.4 is 0 Å². The second-order valence-electron chi connectivity index (χ2n) is 2.94. The van der Waals surface area contributed by atoms with Crippen molar-refractivity contribution in [3.05, 3.63) is 32.2 Å². The first-order chi connectivity index (χ1) is 7.47. The molecule has 6 heteroatoms. The second-order valence-corrected chi connectivity index (χ2v) is 4.59. The lowest BCUT2D eigenvalue weighted by Crippen LogP contribution is -2.10. The Kier molecular flexibility index (Phi) is 4.86. The molecule has 0 saturated heterocycles. The van der Waals surface area contributed by atoms with E-state index in [4.69, 9.17) is 0 Å².